The first kappa shape index (κ1) is 22.9. The summed E-state index contributed by atoms with van der Waals surface area (Å²) in [7, 11) is -4.51. The van der Waals surface area contributed by atoms with Crippen LogP contribution in [0.25, 0.3) is 0 Å². The van der Waals surface area contributed by atoms with E-state index in [1.54, 1.807) is 6.26 Å². The second kappa shape index (κ2) is 8.06. The highest BCUT2D eigenvalue weighted by molar-refractivity contribution is 8.06. The molecule has 0 unspecified atom stereocenters. The summed E-state index contributed by atoms with van der Waals surface area (Å²) in [6.07, 6.45) is 1.71. The second-order valence-electron chi connectivity index (χ2n) is 7.41. The Morgan fingerprint density at radius 1 is 1.30 bits per heavy atom. The minimum Gasteiger partial charge on any atom is -0.458 e. The summed E-state index contributed by atoms with van der Waals surface area (Å²) in [6.45, 7) is 3.70. The molecule has 0 bridgehead atoms. The molecule has 0 spiro atoms. The molecule has 2 N–H and O–H groups in total. The van der Waals surface area contributed by atoms with Crippen molar-refractivity contribution in [1.82, 2.24) is 10.2 Å². The van der Waals surface area contributed by atoms with Crippen molar-refractivity contribution in [1.29, 1.82) is 0 Å². The van der Waals surface area contributed by atoms with Gasteiger partial charge in [-0.25, -0.2) is 4.79 Å². The molecule has 12 heteroatoms. The van der Waals surface area contributed by atoms with Crippen molar-refractivity contribution in [2.45, 2.75) is 41.5 Å². The fourth-order valence-corrected chi connectivity index (χ4v) is 7.32. The van der Waals surface area contributed by atoms with E-state index in [1.165, 1.54) is 28.4 Å². The number of benzene rings is 1. The topological polar surface area (TPSA) is 130 Å². The van der Waals surface area contributed by atoms with E-state index in [1.807, 2.05) is 44.2 Å². The average Bonchev–Trinajstić information content (AvgIpc) is 2.88. The highest BCUT2D eigenvalue weighted by Gasteiger charge is 2.73. The van der Waals surface area contributed by atoms with Crippen LogP contribution in [0.15, 0.2) is 30.3 Å². The zero-order valence-corrected chi connectivity index (χ0v) is 19.0. The van der Waals surface area contributed by atoms with Gasteiger partial charge in [-0.1, -0.05) is 30.3 Å². The van der Waals surface area contributed by atoms with E-state index in [-0.39, 0.29) is 6.61 Å². The van der Waals surface area contributed by atoms with Crippen molar-refractivity contribution in [3.05, 3.63) is 35.9 Å². The lowest BCUT2D eigenvalue weighted by molar-refractivity contribution is -0.168. The smallest absolute Gasteiger partial charge is 0.344 e. The SMILES string of the molecule is CS[C@@]1(C(=O)OCc2ccccc2)N2C(=O)[C@H](NC(=O)CS(=O)(=O)O)[C@H]2SC1(C)C. The number of fused-ring (bicyclic) bond motifs is 1. The van der Waals surface area contributed by atoms with E-state index < -0.39 is 54.7 Å². The summed E-state index contributed by atoms with van der Waals surface area (Å²) in [5, 5.41) is 1.78. The van der Waals surface area contributed by atoms with Crippen LogP contribution in [0.2, 0.25) is 0 Å². The number of nitrogens with one attached hydrogen (secondary N) is 1. The van der Waals surface area contributed by atoms with Gasteiger partial charge in [0.05, 0.1) is 4.75 Å². The largest absolute Gasteiger partial charge is 0.458 e. The van der Waals surface area contributed by atoms with Gasteiger partial charge in [0.25, 0.3) is 16.0 Å². The van der Waals surface area contributed by atoms with Crippen LogP contribution in [0.5, 0.6) is 0 Å². The summed E-state index contributed by atoms with van der Waals surface area (Å²) in [6, 6.07) is 8.18. The summed E-state index contributed by atoms with van der Waals surface area (Å²) in [4.78, 5) is 38.0. The number of esters is 1. The highest BCUT2D eigenvalue weighted by Crippen LogP contribution is 2.60. The molecule has 30 heavy (non-hydrogen) atoms. The number of amides is 2. The Morgan fingerprint density at radius 3 is 2.50 bits per heavy atom. The maximum atomic E-state index is 13.2. The quantitative estimate of drug-likeness (QED) is 0.336. The molecule has 1 aromatic carbocycles. The lowest BCUT2D eigenvalue weighted by atomic mass is 9.95. The third kappa shape index (κ3) is 3.93. The molecule has 164 valence electrons. The second-order valence-corrected chi connectivity index (χ2v) is 11.6. The van der Waals surface area contributed by atoms with Crippen LogP contribution >= 0.6 is 23.5 Å². The highest BCUT2D eigenvalue weighted by atomic mass is 32.2. The summed E-state index contributed by atoms with van der Waals surface area (Å²) in [5.41, 5.74) is 0.812. The van der Waals surface area contributed by atoms with Gasteiger partial charge in [-0.2, -0.15) is 8.42 Å². The number of nitrogens with zero attached hydrogens (tertiary/aromatic N) is 1. The summed E-state index contributed by atoms with van der Waals surface area (Å²) in [5.74, 6) is -3.19. The van der Waals surface area contributed by atoms with Crippen molar-refractivity contribution in [2.75, 3.05) is 12.0 Å². The lowest BCUT2D eigenvalue weighted by Crippen LogP contribution is -2.74. The van der Waals surface area contributed by atoms with Crippen molar-refractivity contribution in [3.8, 4) is 0 Å². The van der Waals surface area contributed by atoms with E-state index in [0.717, 1.165) is 5.56 Å². The lowest BCUT2D eigenvalue weighted by Gasteiger charge is -2.49. The minimum absolute atomic E-state index is 0.0595. The number of rotatable bonds is 7. The first-order valence-electron chi connectivity index (χ1n) is 8.95. The Labute approximate surface area is 183 Å². The van der Waals surface area contributed by atoms with Crippen LogP contribution in [-0.2, 0) is 35.8 Å². The zero-order chi connectivity index (χ0) is 22.3. The molecule has 2 fully saturated rings. The number of ether oxygens (including phenoxy) is 1. The van der Waals surface area contributed by atoms with E-state index in [4.69, 9.17) is 9.29 Å². The first-order chi connectivity index (χ1) is 13.9. The molecular formula is C18H22N2O7S3. The van der Waals surface area contributed by atoms with Gasteiger partial charge in [0.2, 0.25) is 10.8 Å². The fourth-order valence-electron chi connectivity index (χ4n) is 3.70. The van der Waals surface area contributed by atoms with Gasteiger partial charge in [-0.15, -0.1) is 23.5 Å². The van der Waals surface area contributed by atoms with E-state index in [9.17, 15) is 22.8 Å². The maximum Gasteiger partial charge on any atom is 0.344 e. The Bertz CT molecular complexity index is 967. The van der Waals surface area contributed by atoms with Gasteiger partial charge in [-0.3, -0.25) is 14.1 Å². The predicted octanol–water partition coefficient (Wildman–Crippen LogP) is 0.855. The van der Waals surface area contributed by atoms with Crippen LogP contribution in [0.1, 0.15) is 19.4 Å². The molecule has 3 rings (SSSR count). The van der Waals surface area contributed by atoms with Gasteiger partial charge >= 0.3 is 5.97 Å². The van der Waals surface area contributed by atoms with Crippen molar-refractivity contribution in [3.63, 3.8) is 0 Å². The van der Waals surface area contributed by atoms with Crippen LogP contribution in [0.4, 0.5) is 0 Å². The molecule has 0 aromatic heterocycles. The molecule has 0 aliphatic carbocycles. The predicted molar refractivity (Wildman–Crippen MR) is 113 cm³/mol. The van der Waals surface area contributed by atoms with Crippen LogP contribution in [0.3, 0.4) is 0 Å². The van der Waals surface area contributed by atoms with E-state index in [2.05, 4.69) is 5.32 Å². The van der Waals surface area contributed by atoms with Crippen LogP contribution in [0, 0.1) is 0 Å². The first-order valence-corrected chi connectivity index (χ1v) is 12.7. The van der Waals surface area contributed by atoms with Gasteiger partial charge in [0, 0.05) is 0 Å². The molecule has 0 radical (unpaired) electrons. The van der Waals surface area contributed by atoms with Gasteiger partial charge < -0.3 is 15.0 Å². The normalized spacial score (nSPS) is 27.2. The van der Waals surface area contributed by atoms with Crippen LogP contribution in [-0.4, -0.2) is 68.7 Å². The molecule has 3 atom stereocenters. The number of hydrogen-bond donors (Lipinski definition) is 2. The van der Waals surface area contributed by atoms with Gasteiger partial charge in [-0.05, 0) is 25.7 Å². The molecule has 2 aliphatic heterocycles. The molecular weight excluding hydrogens is 452 g/mol. The molecule has 1 aromatic rings. The third-order valence-corrected chi connectivity index (χ3v) is 8.86. The zero-order valence-electron chi connectivity index (χ0n) is 16.5. The van der Waals surface area contributed by atoms with Crippen molar-refractivity contribution >= 4 is 51.4 Å². The van der Waals surface area contributed by atoms with E-state index >= 15 is 0 Å². The molecule has 2 saturated heterocycles. The number of thioether (sulfide) groups is 2. The molecule has 2 amide bonds. The number of hydrogen-bond acceptors (Lipinski definition) is 8. The summed E-state index contributed by atoms with van der Waals surface area (Å²) >= 11 is 2.52. The number of β-lactam (4-membered cyclic amide) rings is 1. The molecule has 0 saturated carbocycles. The van der Waals surface area contributed by atoms with Gasteiger partial charge in [0.1, 0.15) is 18.0 Å². The third-order valence-electron chi connectivity index (χ3n) is 5.03. The minimum atomic E-state index is -4.51. The maximum absolute atomic E-state index is 13.2. The Hall–Kier alpha value is -1.76. The average molecular weight is 475 g/mol. The van der Waals surface area contributed by atoms with Gasteiger partial charge in [0.15, 0.2) is 5.75 Å². The Balaban J connectivity index is 1.78. The summed E-state index contributed by atoms with van der Waals surface area (Å²) < 4.78 is 35.4. The number of carbonyl (C=O) groups is 3. The molecule has 2 heterocycles. The van der Waals surface area contributed by atoms with Crippen molar-refractivity contribution < 1.29 is 32.1 Å². The monoisotopic (exact) mass is 474 g/mol. The Morgan fingerprint density at radius 2 is 1.93 bits per heavy atom. The van der Waals surface area contributed by atoms with E-state index in [0.29, 0.717) is 0 Å². The Kier molecular flexibility index (Phi) is 6.16. The number of carbonyl (C=O) groups excluding carboxylic acids is 3. The van der Waals surface area contributed by atoms with Crippen LogP contribution < -0.4 is 5.32 Å². The fraction of sp³-hybridized carbons (Fsp3) is 0.500. The molecule has 9 nitrogen and oxygen atoms in total. The molecule has 2 aliphatic rings. The van der Waals surface area contributed by atoms with Crippen molar-refractivity contribution in [2.24, 2.45) is 0 Å². The standard InChI is InChI=1S/C18H22N2O7S3/c1-17(2)18(28-3,16(23)27-9-11-7-5-4-6-8-11)20-14(22)13(15(20)29-17)19-12(21)10-30(24,25)26/h4-8,13,15H,9-10H2,1-3H3,(H,19,21)(H,24,25,26)/t13-,15+,18+/m0/s1.